The van der Waals surface area contributed by atoms with E-state index in [9.17, 15) is 9.59 Å². The van der Waals surface area contributed by atoms with Gasteiger partial charge in [0.1, 0.15) is 12.1 Å². The Kier molecular flexibility index (Phi) is 3.74. The Morgan fingerprint density at radius 1 is 1.27 bits per heavy atom. The van der Waals surface area contributed by atoms with Crippen molar-refractivity contribution >= 4 is 17.9 Å². The molecule has 3 N–H and O–H groups in total. The van der Waals surface area contributed by atoms with Crippen molar-refractivity contribution in [1.82, 2.24) is 0 Å². The van der Waals surface area contributed by atoms with Crippen molar-refractivity contribution in [1.29, 1.82) is 5.41 Å². The van der Waals surface area contributed by atoms with Crippen molar-refractivity contribution in [3.63, 3.8) is 0 Å². The minimum atomic E-state index is -0.0720. The van der Waals surface area contributed by atoms with E-state index in [2.05, 4.69) is 0 Å². The van der Waals surface area contributed by atoms with Crippen LogP contribution in [-0.2, 0) is 4.79 Å². The Morgan fingerprint density at radius 2 is 1.80 bits per heavy atom. The molecule has 0 aliphatic rings. The predicted molar refractivity (Wildman–Crippen MR) is 57.1 cm³/mol. The molecule has 0 bridgehead atoms. The molecule has 15 heavy (non-hydrogen) atoms. The Balaban J connectivity index is 2.75. The number of rotatable bonds is 5. The molecule has 78 valence electrons. The van der Waals surface area contributed by atoms with Gasteiger partial charge in [0.15, 0.2) is 5.78 Å². The van der Waals surface area contributed by atoms with Crippen LogP contribution in [0.3, 0.4) is 0 Å². The van der Waals surface area contributed by atoms with Crippen molar-refractivity contribution in [2.24, 2.45) is 5.73 Å². The van der Waals surface area contributed by atoms with E-state index in [4.69, 9.17) is 11.1 Å². The summed E-state index contributed by atoms with van der Waals surface area (Å²) in [6.45, 7) is 0. The Labute approximate surface area is 87.6 Å². The molecular formula is C11H12N2O2. The average molecular weight is 204 g/mol. The van der Waals surface area contributed by atoms with E-state index in [-0.39, 0.29) is 24.5 Å². The Hall–Kier alpha value is -1.97. The lowest BCUT2D eigenvalue weighted by molar-refractivity contribution is -0.107. The fourth-order valence-electron chi connectivity index (χ4n) is 1.17. The minimum Gasteiger partial charge on any atom is -0.384 e. The topological polar surface area (TPSA) is 84.0 Å². The first-order chi connectivity index (χ1) is 7.15. The molecule has 0 amide bonds. The van der Waals surface area contributed by atoms with E-state index in [1.54, 1.807) is 24.3 Å². The number of nitrogens with two attached hydrogens (primary N) is 1. The highest BCUT2D eigenvalue weighted by atomic mass is 16.1. The van der Waals surface area contributed by atoms with E-state index in [0.717, 1.165) is 6.29 Å². The van der Waals surface area contributed by atoms with Crippen LogP contribution in [0.4, 0.5) is 0 Å². The number of hydrogen-bond donors (Lipinski definition) is 2. The second kappa shape index (κ2) is 5.05. The molecule has 4 nitrogen and oxygen atoms in total. The zero-order valence-corrected chi connectivity index (χ0v) is 8.19. The molecule has 0 saturated heterocycles. The summed E-state index contributed by atoms with van der Waals surface area (Å²) in [5, 5.41) is 7.17. The Morgan fingerprint density at radius 3 is 2.27 bits per heavy atom. The molecular weight excluding hydrogens is 192 g/mol. The zero-order valence-electron chi connectivity index (χ0n) is 8.19. The van der Waals surface area contributed by atoms with Gasteiger partial charge in [-0.15, -0.1) is 0 Å². The van der Waals surface area contributed by atoms with Crippen LogP contribution in [0, 0.1) is 5.41 Å². The second-order valence-electron chi connectivity index (χ2n) is 3.12. The molecule has 0 atom stereocenters. The third kappa shape index (κ3) is 3.02. The molecule has 0 aliphatic carbocycles. The standard InChI is InChI=1S/C11H12N2O2/c12-11(13)9-5-3-8(4-6-9)10(15)2-1-7-14/h3-7H,1-2H2,(H3,12,13). The number of hydrogen-bond acceptors (Lipinski definition) is 3. The van der Waals surface area contributed by atoms with Crippen molar-refractivity contribution in [3.05, 3.63) is 35.4 Å². The molecule has 4 heteroatoms. The van der Waals surface area contributed by atoms with Crippen molar-refractivity contribution in [2.75, 3.05) is 0 Å². The summed E-state index contributed by atoms with van der Waals surface area (Å²) in [5.41, 5.74) is 6.40. The van der Waals surface area contributed by atoms with Gasteiger partial charge >= 0.3 is 0 Å². The van der Waals surface area contributed by atoms with E-state index < -0.39 is 0 Å². The molecule has 1 aromatic carbocycles. The first-order valence-corrected chi connectivity index (χ1v) is 4.56. The van der Waals surface area contributed by atoms with Crippen LogP contribution < -0.4 is 5.73 Å². The number of Topliss-reactive ketones (excluding diaryl/α,β-unsaturated/α-hetero) is 1. The largest absolute Gasteiger partial charge is 0.384 e. The molecule has 0 radical (unpaired) electrons. The second-order valence-corrected chi connectivity index (χ2v) is 3.12. The number of aldehydes is 1. The van der Waals surface area contributed by atoms with Crippen LogP contribution in [0.15, 0.2) is 24.3 Å². The molecule has 0 aromatic heterocycles. The van der Waals surface area contributed by atoms with E-state index in [1.807, 2.05) is 0 Å². The number of nitrogen functional groups attached to an aromatic ring is 1. The van der Waals surface area contributed by atoms with Crippen LogP contribution >= 0.6 is 0 Å². The number of amidine groups is 1. The Bertz CT molecular complexity index is 382. The lowest BCUT2D eigenvalue weighted by atomic mass is 10.0. The smallest absolute Gasteiger partial charge is 0.163 e. The van der Waals surface area contributed by atoms with Gasteiger partial charge in [0.25, 0.3) is 0 Å². The summed E-state index contributed by atoms with van der Waals surface area (Å²) in [7, 11) is 0. The third-order valence-electron chi connectivity index (χ3n) is 2.01. The van der Waals surface area contributed by atoms with Crippen molar-refractivity contribution < 1.29 is 9.59 Å². The fourth-order valence-corrected chi connectivity index (χ4v) is 1.17. The predicted octanol–water partition coefficient (Wildman–Crippen LogP) is 1.13. The summed E-state index contributed by atoms with van der Waals surface area (Å²) >= 11 is 0. The van der Waals surface area contributed by atoms with Crippen LogP contribution in [0.5, 0.6) is 0 Å². The highest BCUT2D eigenvalue weighted by molar-refractivity contribution is 5.99. The van der Waals surface area contributed by atoms with E-state index in [1.165, 1.54) is 0 Å². The van der Waals surface area contributed by atoms with Gasteiger partial charge in [0.2, 0.25) is 0 Å². The number of ketones is 1. The monoisotopic (exact) mass is 204 g/mol. The summed E-state index contributed by atoms with van der Waals surface area (Å²) in [5.74, 6) is -0.0981. The molecule has 1 rings (SSSR count). The SMILES string of the molecule is N=C(N)c1ccc(C(=O)CCC=O)cc1. The molecule has 0 unspecified atom stereocenters. The van der Waals surface area contributed by atoms with Gasteiger partial charge in [-0.2, -0.15) is 0 Å². The first-order valence-electron chi connectivity index (χ1n) is 4.56. The number of carbonyl (C=O) groups excluding carboxylic acids is 2. The van der Waals surface area contributed by atoms with E-state index in [0.29, 0.717) is 11.1 Å². The average Bonchev–Trinajstić information content (AvgIpc) is 2.26. The highest BCUT2D eigenvalue weighted by Crippen LogP contribution is 2.07. The molecule has 1 aromatic rings. The fraction of sp³-hybridized carbons (Fsp3) is 0.182. The first kappa shape index (κ1) is 11.1. The van der Waals surface area contributed by atoms with Gasteiger partial charge in [0.05, 0.1) is 0 Å². The highest BCUT2D eigenvalue weighted by Gasteiger charge is 2.05. The maximum atomic E-state index is 11.4. The van der Waals surface area contributed by atoms with Crippen LogP contribution in [0.1, 0.15) is 28.8 Å². The zero-order chi connectivity index (χ0) is 11.3. The van der Waals surface area contributed by atoms with Crippen LogP contribution in [0.2, 0.25) is 0 Å². The number of carbonyl (C=O) groups is 2. The molecule has 0 heterocycles. The minimum absolute atomic E-state index is 0.0260. The lowest BCUT2D eigenvalue weighted by Crippen LogP contribution is -2.11. The number of nitrogens with one attached hydrogen (secondary N) is 1. The summed E-state index contributed by atoms with van der Waals surface area (Å²) in [6, 6.07) is 6.47. The molecule has 0 fully saturated rings. The van der Waals surface area contributed by atoms with Gasteiger partial charge in [0, 0.05) is 24.0 Å². The van der Waals surface area contributed by atoms with Crippen LogP contribution in [-0.4, -0.2) is 17.9 Å². The van der Waals surface area contributed by atoms with E-state index >= 15 is 0 Å². The van der Waals surface area contributed by atoms with Gasteiger partial charge in [-0.3, -0.25) is 10.2 Å². The van der Waals surface area contributed by atoms with Gasteiger partial charge < -0.3 is 10.5 Å². The maximum Gasteiger partial charge on any atom is 0.163 e. The summed E-state index contributed by atoms with van der Waals surface area (Å²) in [4.78, 5) is 21.5. The quantitative estimate of drug-likeness (QED) is 0.326. The lowest BCUT2D eigenvalue weighted by Gasteiger charge is -2.00. The molecule has 0 saturated carbocycles. The maximum absolute atomic E-state index is 11.4. The van der Waals surface area contributed by atoms with Crippen LogP contribution in [0.25, 0.3) is 0 Å². The molecule has 0 spiro atoms. The normalized spacial score (nSPS) is 9.60. The summed E-state index contributed by atoms with van der Waals surface area (Å²) < 4.78 is 0. The van der Waals surface area contributed by atoms with Gasteiger partial charge in [-0.1, -0.05) is 24.3 Å². The molecule has 0 aliphatic heterocycles. The van der Waals surface area contributed by atoms with Crippen molar-refractivity contribution in [2.45, 2.75) is 12.8 Å². The van der Waals surface area contributed by atoms with Gasteiger partial charge in [-0.25, -0.2) is 0 Å². The van der Waals surface area contributed by atoms with Crippen molar-refractivity contribution in [3.8, 4) is 0 Å². The third-order valence-corrected chi connectivity index (χ3v) is 2.01. The summed E-state index contributed by atoms with van der Waals surface area (Å²) in [6.07, 6.45) is 1.19. The number of benzene rings is 1. The van der Waals surface area contributed by atoms with Gasteiger partial charge in [-0.05, 0) is 0 Å².